The van der Waals surface area contributed by atoms with Crippen molar-refractivity contribution in [1.82, 2.24) is 0 Å². The SMILES string of the molecule is COC(=O)COCCOCCOCCOCCOCCOc1ccccc1. The van der Waals surface area contributed by atoms with Crippen molar-refractivity contribution in [2.45, 2.75) is 0 Å². The molecule has 1 aromatic carbocycles. The zero-order valence-corrected chi connectivity index (χ0v) is 15.9. The van der Waals surface area contributed by atoms with Gasteiger partial charge in [-0.3, -0.25) is 0 Å². The molecule has 27 heavy (non-hydrogen) atoms. The molecule has 0 radical (unpaired) electrons. The number of methoxy groups -OCH3 is 1. The zero-order chi connectivity index (χ0) is 19.4. The van der Waals surface area contributed by atoms with Gasteiger partial charge in [0.1, 0.15) is 19.0 Å². The number of ether oxygens (including phenoxy) is 7. The fraction of sp³-hybridized carbons (Fsp3) is 0.632. The van der Waals surface area contributed by atoms with E-state index in [1.54, 1.807) is 0 Å². The Morgan fingerprint density at radius 3 is 1.59 bits per heavy atom. The van der Waals surface area contributed by atoms with E-state index in [0.29, 0.717) is 66.1 Å². The molecule has 0 N–H and O–H groups in total. The molecular weight excluding hydrogens is 356 g/mol. The second-order valence-electron chi connectivity index (χ2n) is 5.24. The van der Waals surface area contributed by atoms with Crippen LogP contribution in [-0.2, 0) is 33.2 Å². The molecule has 0 atom stereocenters. The van der Waals surface area contributed by atoms with E-state index in [9.17, 15) is 4.79 Å². The monoisotopic (exact) mass is 386 g/mol. The van der Waals surface area contributed by atoms with Crippen LogP contribution in [-0.4, -0.2) is 85.8 Å². The number of carbonyl (C=O) groups is 1. The Morgan fingerprint density at radius 1 is 0.667 bits per heavy atom. The fourth-order valence-corrected chi connectivity index (χ4v) is 1.83. The van der Waals surface area contributed by atoms with Crippen LogP contribution in [0, 0.1) is 0 Å². The summed E-state index contributed by atoms with van der Waals surface area (Å²) in [5, 5.41) is 0. The third-order valence-corrected chi connectivity index (χ3v) is 3.18. The average molecular weight is 386 g/mol. The Balaban J connectivity index is 1.70. The first kappa shape index (κ1) is 23.3. The number of hydrogen-bond acceptors (Lipinski definition) is 8. The normalized spacial score (nSPS) is 10.7. The summed E-state index contributed by atoms with van der Waals surface area (Å²) in [6, 6.07) is 9.63. The van der Waals surface area contributed by atoms with E-state index in [2.05, 4.69) is 4.74 Å². The van der Waals surface area contributed by atoms with Gasteiger partial charge in [-0.25, -0.2) is 4.79 Å². The summed E-state index contributed by atoms with van der Waals surface area (Å²) >= 11 is 0. The number of rotatable bonds is 18. The van der Waals surface area contributed by atoms with Crippen LogP contribution in [0.2, 0.25) is 0 Å². The van der Waals surface area contributed by atoms with E-state index in [1.165, 1.54) is 7.11 Å². The predicted molar refractivity (Wildman–Crippen MR) is 98.0 cm³/mol. The van der Waals surface area contributed by atoms with Crippen molar-refractivity contribution in [2.75, 3.05) is 79.8 Å². The van der Waals surface area contributed by atoms with E-state index >= 15 is 0 Å². The second kappa shape index (κ2) is 17.7. The van der Waals surface area contributed by atoms with E-state index in [4.69, 9.17) is 28.4 Å². The summed E-state index contributed by atoms with van der Waals surface area (Å²) in [5.41, 5.74) is 0. The van der Waals surface area contributed by atoms with Crippen molar-refractivity contribution in [1.29, 1.82) is 0 Å². The highest BCUT2D eigenvalue weighted by Crippen LogP contribution is 2.07. The van der Waals surface area contributed by atoms with Gasteiger partial charge in [0.15, 0.2) is 0 Å². The standard InChI is InChI=1S/C19H30O8/c1-21-19(20)17-26-14-13-24-10-9-22-7-8-23-11-12-25-15-16-27-18-5-3-2-4-6-18/h2-6H,7-17H2,1H3. The smallest absolute Gasteiger partial charge is 0.331 e. The maximum atomic E-state index is 10.8. The van der Waals surface area contributed by atoms with Crippen molar-refractivity contribution >= 4 is 5.97 Å². The summed E-state index contributed by atoms with van der Waals surface area (Å²) < 4.78 is 36.5. The highest BCUT2D eigenvalue weighted by molar-refractivity contribution is 5.70. The molecule has 8 nitrogen and oxygen atoms in total. The molecule has 0 aliphatic rings. The molecule has 154 valence electrons. The number of esters is 1. The molecule has 0 aliphatic heterocycles. The molecule has 1 rings (SSSR count). The molecule has 0 saturated heterocycles. The molecular formula is C19H30O8. The number of benzene rings is 1. The molecule has 0 saturated carbocycles. The second-order valence-corrected chi connectivity index (χ2v) is 5.24. The minimum atomic E-state index is -0.399. The first-order valence-corrected chi connectivity index (χ1v) is 8.96. The summed E-state index contributed by atoms with van der Waals surface area (Å²) in [4.78, 5) is 10.8. The lowest BCUT2D eigenvalue weighted by Crippen LogP contribution is -2.15. The largest absolute Gasteiger partial charge is 0.491 e. The zero-order valence-electron chi connectivity index (χ0n) is 15.9. The van der Waals surface area contributed by atoms with Gasteiger partial charge in [0.2, 0.25) is 0 Å². The van der Waals surface area contributed by atoms with Crippen molar-refractivity contribution in [3.63, 3.8) is 0 Å². The van der Waals surface area contributed by atoms with Crippen LogP contribution in [0.5, 0.6) is 5.75 Å². The molecule has 0 bridgehead atoms. The van der Waals surface area contributed by atoms with Crippen molar-refractivity contribution in [3.8, 4) is 5.75 Å². The van der Waals surface area contributed by atoms with Gasteiger partial charge in [-0.15, -0.1) is 0 Å². The highest BCUT2D eigenvalue weighted by Gasteiger charge is 1.99. The van der Waals surface area contributed by atoms with Crippen molar-refractivity contribution < 1.29 is 38.0 Å². The van der Waals surface area contributed by atoms with Gasteiger partial charge in [0.25, 0.3) is 0 Å². The number of carbonyl (C=O) groups excluding carboxylic acids is 1. The summed E-state index contributed by atoms with van der Waals surface area (Å²) in [7, 11) is 1.32. The third kappa shape index (κ3) is 15.1. The van der Waals surface area contributed by atoms with Crippen molar-refractivity contribution in [2.24, 2.45) is 0 Å². The third-order valence-electron chi connectivity index (χ3n) is 3.18. The minimum Gasteiger partial charge on any atom is -0.491 e. The first-order valence-electron chi connectivity index (χ1n) is 8.96. The quantitative estimate of drug-likeness (QED) is 0.276. The molecule has 0 spiro atoms. The van der Waals surface area contributed by atoms with E-state index < -0.39 is 5.97 Å². The Labute approximate surface area is 160 Å². The Kier molecular flexibility index (Phi) is 15.3. The summed E-state index contributed by atoms with van der Waals surface area (Å²) in [6.07, 6.45) is 0. The number of hydrogen-bond donors (Lipinski definition) is 0. The van der Waals surface area contributed by atoms with Gasteiger partial charge in [-0.2, -0.15) is 0 Å². The molecule has 0 unspecified atom stereocenters. The van der Waals surface area contributed by atoms with Gasteiger partial charge >= 0.3 is 5.97 Å². The first-order chi connectivity index (χ1) is 13.3. The molecule has 8 heteroatoms. The lowest BCUT2D eigenvalue weighted by molar-refractivity contribution is -0.146. The maximum Gasteiger partial charge on any atom is 0.331 e. The van der Waals surface area contributed by atoms with Crippen LogP contribution in [0.1, 0.15) is 0 Å². The molecule has 0 aromatic heterocycles. The van der Waals surface area contributed by atoms with E-state index in [0.717, 1.165) is 5.75 Å². The van der Waals surface area contributed by atoms with E-state index in [-0.39, 0.29) is 6.61 Å². The lowest BCUT2D eigenvalue weighted by atomic mass is 10.3. The van der Waals surface area contributed by atoms with Gasteiger partial charge in [-0.1, -0.05) is 18.2 Å². The molecule has 1 aromatic rings. The number of para-hydroxylation sites is 1. The van der Waals surface area contributed by atoms with Crippen LogP contribution < -0.4 is 4.74 Å². The minimum absolute atomic E-state index is 0.0581. The Bertz CT molecular complexity index is 454. The van der Waals surface area contributed by atoms with Crippen LogP contribution in [0.25, 0.3) is 0 Å². The van der Waals surface area contributed by atoms with Crippen LogP contribution in [0.15, 0.2) is 30.3 Å². The topological polar surface area (TPSA) is 81.7 Å². The van der Waals surface area contributed by atoms with E-state index in [1.807, 2.05) is 30.3 Å². The van der Waals surface area contributed by atoms with Crippen LogP contribution in [0.4, 0.5) is 0 Å². The van der Waals surface area contributed by atoms with Crippen molar-refractivity contribution in [3.05, 3.63) is 30.3 Å². The molecule has 0 aliphatic carbocycles. The molecule has 0 amide bonds. The maximum absolute atomic E-state index is 10.8. The lowest BCUT2D eigenvalue weighted by Gasteiger charge is -2.08. The summed E-state index contributed by atoms with van der Waals surface area (Å²) in [6.45, 7) is 4.71. The van der Waals surface area contributed by atoms with Gasteiger partial charge < -0.3 is 33.2 Å². The van der Waals surface area contributed by atoms with Crippen LogP contribution >= 0.6 is 0 Å². The van der Waals surface area contributed by atoms with Gasteiger partial charge in [0.05, 0.1) is 66.6 Å². The van der Waals surface area contributed by atoms with Gasteiger partial charge in [0, 0.05) is 0 Å². The van der Waals surface area contributed by atoms with Gasteiger partial charge in [-0.05, 0) is 12.1 Å². The molecule has 0 fully saturated rings. The van der Waals surface area contributed by atoms with Crippen LogP contribution in [0.3, 0.4) is 0 Å². The summed E-state index contributed by atoms with van der Waals surface area (Å²) in [5.74, 6) is 0.441. The Morgan fingerprint density at radius 2 is 1.11 bits per heavy atom. The average Bonchev–Trinajstić information content (AvgIpc) is 2.70. The highest BCUT2D eigenvalue weighted by atomic mass is 16.6. The predicted octanol–water partition coefficient (Wildman–Crippen LogP) is 1.32. The molecule has 0 heterocycles. The fourth-order valence-electron chi connectivity index (χ4n) is 1.83. The Hall–Kier alpha value is -1.71.